The second kappa shape index (κ2) is 5.91. The molecule has 2 rings (SSSR count). The smallest absolute Gasteiger partial charge is 0.240 e. The molecule has 1 aromatic carbocycles. The third-order valence-electron chi connectivity index (χ3n) is 3.15. The van der Waals surface area contributed by atoms with Gasteiger partial charge in [0.05, 0.1) is 4.90 Å². The fraction of sp³-hybridized carbons (Fsp3) is 0.500. The maximum absolute atomic E-state index is 12.3. The van der Waals surface area contributed by atoms with Gasteiger partial charge in [0.2, 0.25) is 10.0 Å². The molecule has 0 radical (unpaired) electrons. The highest BCUT2D eigenvalue weighted by Crippen LogP contribution is 2.26. The Bertz CT molecular complexity index is 546. The fourth-order valence-corrected chi connectivity index (χ4v) is 4.75. The maximum atomic E-state index is 12.3. The first-order valence-corrected chi connectivity index (χ1v) is 9.07. The molecule has 7 heteroatoms. The SMILES string of the molecule is Cc1c(N)cc(S(=O)(=O)NC2CCCSC2)cc1Cl. The first-order chi connectivity index (χ1) is 8.90. The monoisotopic (exact) mass is 320 g/mol. The van der Waals surface area contributed by atoms with Gasteiger partial charge in [-0.3, -0.25) is 0 Å². The lowest BCUT2D eigenvalue weighted by Gasteiger charge is -2.22. The molecule has 1 saturated heterocycles. The van der Waals surface area contributed by atoms with Crippen molar-refractivity contribution < 1.29 is 8.42 Å². The molecule has 0 aromatic heterocycles. The Balaban J connectivity index is 2.24. The van der Waals surface area contributed by atoms with E-state index in [1.165, 1.54) is 12.1 Å². The minimum absolute atomic E-state index is 0.00921. The van der Waals surface area contributed by atoms with Crippen molar-refractivity contribution in [2.45, 2.75) is 30.7 Å². The Morgan fingerprint density at radius 3 is 2.79 bits per heavy atom. The standard InChI is InChI=1S/C12H17ClN2O2S2/c1-8-11(13)5-10(6-12(8)14)19(16,17)15-9-3-2-4-18-7-9/h5-6,9,15H,2-4,7,14H2,1H3. The van der Waals surface area contributed by atoms with Crippen molar-refractivity contribution in [2.75, 3.05) is 17.2 Å². The van der Waals surface area contributed by atoms with Gasteiger partial charge in [-0.2, -0.15) is 11.8 Å². The second-order valence-corrected chi connectivity index (χ2v) is 7.93. The van der Waals surface area contributed by atoms with E-state index in [9.17, 15) is 8.42 Å². The summed E-state index contributed by atoms with van der Waals surface area (Å²) in [6, 6.07) is 2.90. The molecule has 19 heavy (non-hydrogen) atoms. The van der Waals surface area contributed by atoms with Crippen molar-refractivity contribution in [3.05, 3.63) is 22.7 Å². The average Bonchev–Trinajstić information content (AvgIpc) is 2.36. The maximum Gasteiger partial charge on any atom is 0.240 e. The first-order valence-electron chi connectivity index (χ1n) is 6.06. The van der Waals surface area contributed by atoms with Gasteiger partial charge in [-0.05, 0) is 43.2 Å². The summed E-state index contributed by atoms with van der Waals surface area (Å²) in [5.74, 6) is 1.91. The highest BCUT2D eigenvalue weighted by Gasteiger charge is 2.23. The molecule has 0 bridgehead atoms. The Morgan fingerprint density at radius 2 is 2.21 bits per heavy atom. The summed E-state index contributed by atoms with van der Waals surface area (Å²) in [5.41, 5.74) is 6.87. The zero-order valence-corrected chi connectivity index (χ0v) is 13.0. The van der Waals surface area contributed by atoms with Crippen LogP contribution in [0.15, 0.2) is 17.0 Å². The van der Waals surface area contributed by atoms with Crippen LogP contribution in [0.25, 0.3) is 0 Å². The molecule has 1 atom stereocenters. The number of sulfonamides is 1. The van der Waals surface area contributed by atoms with Crippen molar-refractivity contribution in [1.29, 1.82) is 0 Å². The summed E-state index contributed by atoms with van der Waals surface area (Å²) >= 11 is 7.76. The number of thioether (sulfide) groups is 1. The van der Waals surface area contributed by atoms with Gasteiger partial charge in [0, 0.05) is 22.5 Å². The number of nitrogens with one attached hydrogen (secondary N) is 1. The average molecular weight is 321 g/mol. The van der Waals surface area contributed by atoms with Crippen molar-refractivity contribution in [2.24, 2.45) is 0 Å². The number of halogens is 1. The van der Waals surface area contributed by atoms with E-state index in [1.54, 1.807) is 18.7 Å². The lowest BCUT2D eigenvalue weighted by atomic mass is 10.2. The van der Waals surface area contributed by atoms with Crippen LogP contribution in [0.3, 0.4) is 0 Å². The molecule has 0 aliphatic carbocycles. The summed E-state index contributed by atoms with van der Waals surface area (Å²) in [6.45, 7) is 1.76. The Hall–Kier alpha value is -0.430. The van der Waals surface area contributed by atoms with Gasteiger partial charge >= 0.3 is 0 Å². The van der Waals surface area contributed by atoms with Gasteiger partial charge in [0.1, 0.15) is 0 Å². The van der Waals surface area contributed by atoms with E-state index in [2.05, 4.69) is 4.72 Å². The lowest BCUT2D eigenvalue weighted by molar-refractivity contribution is 0.543. The van der Waals surface area contributed by atoms with Crippen LogP contribution in [0.1, 0.15) is 18.4 Å². The molecule has 1 unspecified atom stereocenters. The summed E-state index contributed by atoms with van der Waals surface area (Å²) in [4.78, 5) is 0.135. The van der Waals surface area contributed by atoms with E-state index >= 15 is 0 Å². The molecular formula is C12H17ClN2O2S2. The molecule has 106 valence electrons. The van der Waals surface area contributed by atoms with Gasteiger partial charge < -0.3 is 5.73 Å². The quantitative estimate of drug-likeness (QED) is 0.839. The fourth-order valence-electron chi connectivity index (χ4n) is 1.95. The first kappa shape index (κ1) is 15.0. The van der Waals surface area contributed by atoms with Gasteiger partial charge in [-0.15, -0.1) is 0 Å². The van der Waals surface area contributed by atoms with E-state index < -0.39 is 10.0 Å². The molecule has 0 amide bonds. The summed E-state index contributed by atoms with van der Waals surface area (Å²) in [7, 11) is -3.55. The number of anilines is 1. The van der Waals surface area contributed by atoms with Gasteiger partial charge in [0.25, 0.3) is 0 Å². The van der Waals surface area contributed by atoms with Gasteiger partial charge in [0.15, 0.2) is 0 Å². The molecular weight excluding hydrogens is 304 g/mol. The molecule has 1 heterocycles. The molecule has 1 aliphatic heterocycles. The number of hydrogen-bond acceptors (Lipinski definition) is 4. The largest absolute Gasteiger partial charge is 0.398 e. The number of nitrogens with two attached hydrogens (primary N) is 1. The van der Waals surface area contributed by atoms with Crippen LogP contribution < -0.4 is 10.5 Å². The lowest BCUT2D eigenvalue weighted by Crippen LogP contribution is -2.38. The van der Waals surface area contributed by atoms with Crippen LogP contribution in [0.2, 0.25) is 5.02 Å². The summed E-state index contributed by atoms with van der Waals surface area (Å²) in [5, 5.41) is 0.374. The Kier molecular flexibility index (Phi) is 4.66. The van der Waals surface area contributed by atoms with Crippen LogP contribution in [0, 0.1) is 6.92 Å². The highest BCUT2D eigenvalue weighted by molar-refractivity contribution is 7.99. The van der Waals surface area contributed by atoms with Gasteiger partial charge in [-0.25, -0.2) is 13.1 Å². The van der Waals surface area contributed by atoms with Gasteiger partial charge in [-0.1, -0.05) is 11.6 Å². The molecule has 0 spiro atoms. The number of nitrogen functional groups attached to an aromatic ring is 1. The van der Waals surface area contributed by atoms with Crippen molar-refractivity contribution in [1.82, 2.24) is 4.72 Å². The molecule has 1 aliphatic rings. The van der Waals surface area contributed by atoms with Crippen molar-refractivity contribution >= 4 is 39.1 Å². The Labute approximate surface area is 123 Å². The predicted molar refractivity (Wildman–Crippen MR) is 81.3 cm³/mol. The van der Waals surface area contributed by atoms with E-state index in [4.69, 9.17) is 17.3 Å². The third-order valence-corrected chi connectivity index (χ3v) is 6.26. The molecule has 3 N–H and O–H groups in total. The minimum atomic E-state index is -3.55. The van der Waals surface area contributed by atoms with Crippen LogP contribution >= 0.6 is 23.4 Å². The summed E-state index contributed by atoms with van der Waals surface area (Å²) in [6.07, 6.45) is 1.91. The second-order valence-electron chi connectivity index (χ2n) is 4.65. The number of rotatable bonds is 3. The molecule has 1 aromatic rings. The Morgan fingerprint density at radius 1 is 1.47 bits per heavy atom. The normalized spacial score (nSPS) is 20.4. The zero-order valence-electron chi connectivity index (χ0n) is 10.6. The molecule has 4 nitrogen and oxygen atoms in total. The van der Waals surface area contributed by atoms with Crippen molar-refractivity contribution in [3.63, 3.8) is 0 Å². The van der Waals surface area contributed by atoms with E-state index in [-0.39, 0.29) is 10.9 Å². The summed E-state index contributed by atoms with van der Waals surface area (Å²) < 4.78 is 27.3. The van der Waals surface area contributed by atoms with Crippen molar-refractivity contribution in [3.8, 4) is 0 Å². The van der Waals surface area contributed by atoms with Crippen LogP contribution in [0.5, 0.6) is 0 Å². The zero-order chi connectivity index (χ0) is 14.0. The van der Waals surface area contributed by atoms with E-state index in [0.717, 1.165) is 24.3 Å². The molecule has 0 saturated carbocycles. The molecule has 1 fully saturated rings. The van der Waals surface area contributed by atoms with E-state index in [1.807, 2.05) is 0 Å². The number of hydrogen-bond donors (Lipinski definition) is 2. The topological polar surface area (TPSA) is 72.2 Å². The van der Waals surface area contributed by atoms with Crippen LogP contribution in [0.4, 0.5) is 5.69 Å². The van der Waals surface area contributed by atoms with Crippen LogP contribution in [-0.2, 0) is 10.0 Å². The van der Waals surface area contributed by atoms with Crippen LogP contribution in [-0.4, -0.2) is 26.0 Å². The minimum Gasteiger partial charge on any atom is -0.398 e. The third kappa shape index (κ3) is 3.56. The number of benzene rings is 1. The predicted octanol–water partition coefficient (Wildman–Crippen LogP) is 2.40. The van der Waals surface area contributed by atoms with E-state index in [0.29, 0.717) is 16.3 Å². The highest BCUT2D eigenvalue weighted by atomic mass is 35.5.